The first-order chi connectivity index (χ1) is 3.27. The summed E-state index contributed by atoms with van der Waals surface area (Å²) in [6.07, 6.45) is 0. The molecule has 0 spiro atoms. The quantitative estimate of drug-likeness (QED) is 0.253. The van der Waals surface area contributed by atoms with E-state index in [0.29, 0.717) is 0 Å². The first kappa shape index (κ1) is 6.16. The topological polar surface area (TPSA) is 69.3 Å². The van der Waals surface area contributed by atoms with Gasteiger partial charge in [-0.15, -0.1) is 0 Å². The maximum absolute atomic E-state index is 4.63. The van der Waals surface area contributed by atoms with E-state index in [1.807, 2.05) is 14.1 Å². The third kappa shape index (κ3) is 5.16. The minimum absolute atomic E-state index is 0.842. The van der Waals surface area contributed by atoms with Gasteiger partial charge in [0.2, 0.25) is 0 Å². The summed E-state index contributed by atoms with van der Waals surface area (Å²) in [6.45, 7) is 0. The van der Waals surface area contributed by atoms with E-state index < -0.39 is 0 Å². The van der Waals surface area contributed by atoms with Crippen molar-refractivity contribution < 1.29 is 5.01 Å². The lowest BCUT2D eigenvalue weighted by atomic mass is 11.2. The largest absolute Gasteiger partial charge is 0.396 e. The first-order valence-corrected chi connectivity index (χ1v) is 1.88. The molecule has 0 bridgehead atoms. The highest BCUT2D eigenvalue weighted by atomic mass is 15.7. The van der Waals surface area contributed by atoms with Crippen LogP contribution in [0, 0.1) is 0 Å². The van der Waals surface area contributed by atoms with E-state index in [1.165, 1.54) is 0 Å². The molecule has 0 aromatic rings. The summed E-state index contributed by atoms with van der Waals surface area (Å²) < 4.78 is 0. The van der Waals surface area contributed by atoms with Crippen LogP contribution in [-0.4, -0.2) is 14.1 Å². The Kier molecular flexibility index (Phi) is 2.95. The maximum Gasteiger partial charge on any atom is 0.0767 e. The van der Waals surface area contributed by atoms with Crippen molar-refractivity contribution >= 4 is 0 Å². The molecule has 7 heavy (non-hydrogen) atoms. The van der Waals surface area contributed by atoms with E-state index in [4.69, 9.17) is 0 Å². The number of hydrogen-bond donors (Lipinski definition) is 2. The van der Waals surface area contributed by atoms with E-state index in [2.05, 4.69) is 21.8 Å². The number of hydrogen-bond acceptors (Lipinski definition) is 2. The summed E-state index contributed by atoms with van der Waals surface area (Å²) in [7, 11) is 3.63. The molecule has 0 aliphatic rings. The Morgan fingerprint density at radius 2 is 2.14 bits per heavy atom. The van der Waals surface area contributed by atoms with Crippen LogP contribution in [0.5, 0.6) is 0 Å². The predicted molar refractivity (Wildman–Crippen MR) is 25.2 cm³/mol. The highest BCUT2D eigenvalue weighted by Crippen LogP contribution is 1.66. The minimum Gasteiger partial charge on any atom is -0.396 e. The van der Waals surface area contributed by atoms with Crippen LogP contribution in [0.1, 0.15) is 0 Å². The van der Waals surface area contributed by atoms with Gasteiger partial charge in [0.15, 0.2) is 0 Å². The molecule has 5 nitrogen and oxygen atoms in total. The number of quaternary nitrogens is 1. The second kappa shape index (κ2) is 3.35. The highest BCUT2D eigenvalue weighted by Gasteiger charge is 1.72. The molecule has 0 unspecified atom stereocenters. The minimum atomic E-state index is 0.842. The zero-order chi connectivity index (χ0) is 5.70. The number of nitrogens with zero attached hydrogens (tertiary/aromatic N) is 3. The maximum atomic E-state index is 4.63. The van der Waals surface area contributed by atoms with Crippen LogP contribution in [0.15, 0.2) is 10.4 Å². The van der Waals surface area contributed by atoms with Crippen LogP contribution < -0.4 is 10.9 Å². The number of rotatable bonds is 2. The van der Waals surface area contributed by atoms with Gasteiger partial charge in [-0.1, -0.05) is 0 Å². The van der Waals surface area contributed by atoms with Crippen molar-refractivity contribution in [2.45, 2.75) is 0 Å². The van der Waals surface area contributed by atoms with Crippen molar-refractivity contribution in [3.8, 4) is 0 Å². The van der Waals surface area contributed by atoms with E-state index >= 15 is 0 Å². The molecule has 0 heterocycles. The van der Waals surface area contributed by atoms with Crippen LogP contribution >= 0.6 is 0 Å². The van der Waals surface area contributed by atoms with Gasteiger partial charge in [0.25, 0.3) is 0 Å². The van der Waals surface area contributed by atoms with Gasteiger partial charge in [0.1, 0.15) is 0 Å². The SMILES string of the molecule is C[NH+](C)[N-]/N=N\N. The Morgan fingerprint density at radius 1 is 1.57 bits per heavy atom. The Labute approximate surface area is 42.1 Å². The van der Waals surface area contributed by atoms with E-state index in [9.17, 15) is 0 Å². The van der Waals surface area contributed by atoms with Crippen molar-refractivity contribution in [1.29, 1.82) is 0 Å². The lowest BCUT2D eigenvalue weighted by Crippen LogP contribution is -3.00. The van der Waals surface area contributed by atoms with Crippen LogP contribution in [0.25, 0.3) is 5.53 Å². The Bertz CT molecular complexity index is 57.1. The van der Waals surface area contributed by atoms with Gasteiger partial charge >= 0.3 is 0 Å². The first-order valence-electron chi connectivity index (χ1n) is 1.88. The molecule has 42 valence electrons. The smallest absolute Gasteiger partial charge is 0.0767 e. The van der Waals surface area contributed by atoms with Gasteiger partial charge in [-0.05, 0) is 0 Å². The van der Waals surface area contributed by atoms with Crippen molar-refractivity contribution in [3.05, 3.63) is 5.53 Å². The second-order valence-electron chi connectivity index (χ2n) is 1.25. The molecule has 3 N–H and O–H groups in total. The van der Waals surface area contributed by atoms with Crippen molar-refractivity contribution in [2.75, 3.05) is 14.1 Å². The Balaban J connectivity index is 2.97. The molecule has 0 radical (unpaired) electrons. The normalized spacial score (nSPS) is 10.7. The van der Waals surface area contributed by atoms with Crippen molar-refractivity contribution in [2.24, 2.45) is 16.3 Å². The molecule has 0 rings (SSSR count). The number of nitrogens with one attached hydrogen (secondary N) is 1. The zero-order valence-electron chi connectivity index (χ0n) is 4.42. The van der Waals surface area contributed by atoms with Crippen molar-refractivity contribution in [3.63, 3.8) is 0 Å². The van der Waals surface area contributed by atoms with Crippen molar-refractivity contribution in [1.82, 2.24) is 0 Å². The molecule has 0 aromatic carbocycles. The van der Waals surface area contributed by atoms with Gasteiger partial charge in [-0.25, -0.2) is 5.22 Å². The molecule has 0 aliphatic carbocycles. The lowest BCUT2D eigenvalue weighted by Gasteiger charge is -2.06. The fourth-order valence-corrected chi connectivity index (χ4v) is 0.115. The predicted octanol–water partition coefficient (Wildman–Crippen LogP) is -1.34. The molecule has 0 fully saturated rings. The second-order valence-corrected chi connectivity index (χ2v) is 1.25. The molecule has 0 amide bonds. The fraction of sp³-hybridized carbons (Fsp3) is 1.00. The standard InChI is InChI=1S/C2H9N5/c1-7(2)6-5-4-3/h7H,1-2H3,(H2-,3,4,5,6). The zero-order valence-corrected chi connectivity index (χ0v) is 4.42. The van der Waals surface area contributed by atoms with E-state index in [-0.39, 0.29) is 0 Å². The van der Waals surface area contributed by atoms with Gasteiger partial charge in [0, 0.05) is 0 Å². The fourth-order valence-electron chi connectivity index (χ4n) is 0.115. The van der Waals surface area contributed by atoms with E-state index in [0.717, 1.165) is 5.01 Å². The average molecular weight is 103 g/mol. The monoisotopic (exact) mass is 103 g/mol. The van der Waals surface area contributed by atoms with Gasteiger partial charge in [0.05, 0.1) is 14.1 Å². The van der Waals surface area contributed by atoms with Crippen LogP contribution in [0.3, 0.4) is 0 Å². The summed E-state index contributed by atoms with van der Waals surface area (Å²) in [4.78, 5) is 0. The Morgan fingerprint density at radius 3 is 2.29 bits per heavy atom. The highest BCUT2D eigenvalue weighted by molar-refractivity contribution is 4.33. The number of nitrogens with two attached hydrogens (primary N) is 1. The van der Waals surface area contributed by atoms with Gasteiger partial charge in [-0.3, -0.25) is 10.2 Å². The molecule has 0 saturated carbocycles. The van der Waals surface area contributed by atoms with Crippen LogP contribution in [0.2, 0.25) is 0 Å². The average Bonchev–Trinajstić information content (AvgIpc) is 1.61. The summed E-state index contributed by atoms with van der Waals surface area (Å²) in [5.41, 5.74) is 3.49. The third-order valence-electron chi connectivity index (χ3n) is 0.296. The molecule has 0 aliphatic heterocycles. The van der Waals surface area contributed by atoms with E-state index in [1.54, 1.807) is 0 Å². The molecule has 0 saturated heterocycles. The van der Waals surface area contributed by atoms with Gasteiger partial charge < -0.3 is 5.84 Å². The van der Waals surface area contributed by atoms with Gasteiger partial charge in [-0.2, -0.15) is 5.53 Å². The summed E-state index contributed by atoms with van der Waals surface area (Å²) in [5, 5.41) is 6.92. The Hall–Kier alpha value is -0.840. The lowest BCUT2D eigenvalue weighted by molar-refractivity contribution is -0.819. The summed E-state index contributed by atoms with van der Waals surface area (Å²) in [6, 6.07) is 0. The third-order valence-corrected chi connectivity index (χ3v) is 0.296. The molecule has 0 aromatic heterocycles. The van der Waals surface area contributed by atoms with Crippen LogP contribution in [0.4, 0.5) is 0 Å². The molecular formula is C2H9N5. The molecule has 0 atom stereocenters. The van der Waals surface area contributed by atoms with Crippen LogP contribution in [-0.2, 0) is 0 Å². The molecule has 5 heteroatoms. The summed E-state index contributed by atoms with van der Waals surface area (Å²) >= 11 is 0. The molecular weight excluding hydrogens is 94.1 g/mol. The summed E-state index contributed by atoms with van der Waals surface area (Å²) in [5.74, 6) is 4.63.